The molecule has 2 aromatic rings. The van der Waals surface area contributed by atoms with Crippen LogP contribution in [0, 0.1) is 0 Å². The lowest BCUT2D eigenvalue weighted by Crippen LogP contribution is -2.39. The molecule has 0 saturated carbocycles. The quantitative estimate of drug-likeness (QED) is 0.217. The molecule has 0 saturated heterocycles. The first-order valence-electron chi connectivity index (χ1n) is 10.5. The number of fused-ring (bicyclic) bond motifs is 1. The van der Waals surface area contributed by atoms with Crippen LogP contribution >= 0.6 is 15.9 Å². The number of halogens is 1. The van der Waals surface area contributed by atoms with Gasteiger partial charge in [0.05, 0.1) is 13.2 Å². The van der Waals surface area contributed by atoms with Crippen LogP contribution in [0.3, 0.4) is 0 Å². The largest absolute Gasteiger partial charge is 0.483 e. The van der Waals surface area contributed by atoms with Crippen LogP contribution in [0.2, 0.25) is 0 Å². The van der Waals surface area contributed by atoms with Crippen molar-refractivity contribution in [3.05, 3.63) is 83.4 Å². The van der Waals surface area contributed by atoms with E-state index in [-0.39, 0.29) is 13.4 Å². The fourth-order valence-corrected chi connectivity index (χ4v) is 3.71. The third-order valence-electron chi connectivity index (χ3n) is 5.01. The van der Waals surface area contributed by atoms with Crippen molar-refractivity contribution in [3.8, 4) is 11.5 Å². The molecule has 176 valence electrons. The van der Waals surface area contributed by atoms with Gasteiger partial charge in [-0.2, -0.15) is 0 Å². The number of rotatable bonds is 12. The van der Waals surface area contributed by atoms with Crippen LogP contribution in [0.15, 0.2) is 72.2 Å². The van der Waals surface area contributed by atoms with Gasteiger partial charge in [-0.25, -0.2) is 4.79 Å². The maximum absolute atomic E-state index is 13.0. The van der Waals surface area contributed by atoms with Gasteiger partial charge in [0.25, 0.3) is 0 Å². The van der Waals surface area contributed by atoms with E-state index >= 15 is 0 Å². The predicted molar refractivity (Wildman–Crippen MR) is 128 cm³/mol. The van der Waals surface area contributed by atoms with Crippen LogP contribution in [0.1, 0.15) is 17.2 Å². The van der Waals surface area contributed by atoms with Crippen LogP contribution in [0.4, 0.5) is 4.79 Å². The van der Waals surface area contributed by atoms with E-state index in [1.807, 2.05) is 36.4 Å². The van der Waals surface area contributed by atoms with Gasteiger partial charge < -0.3 is 23.7 Å². The molecular weight excluding hydrogens is 490 g/mol. The maximum Gasteiger partial charge on any atom is 0.411 e. The zero-order valence-electron chi connectivity index (χ0n) is 18.6. The summed E-state index contributed by atoms with van der Waals surface area (Å²) < 4.78 is 28.4. The van der Waals surface area contributed by atoms with E-state index in [0.717, 1.165) is 15.6 Å². The van der Waals surface area contributed by atoms with Gasteiger partial charge in [0.15, 0.2) is 6.79 Å². The van der Waals surface area contributed by atoms with E-state index in [4.69, 9.17) is 23.7 Å². The van der Waals surface area contributed by atoms with Gasteiger partial charge >= 0.3 is 6.09 Å². The van der Waals surface area contributed by atoms with E-state index in [9.17, 15) is 4.79 Å². The number of amides is 1. The molecule has 8 heteroatoms. The third kappa shape index (κ3) is 6.60. The summed E-state index contributed by atoms with van der Waals surface area (Å²) in [5.74, 6) is 1.22. The van der Waals surface area contributed by atoms with E-state index in [1.165, 1.54) is 6.08 Å². The Bertz CT molecular complexity index is 948. The third-order valence-corrected chi connectivity index (χ3v) is 5.54. The van der Waals surface area contributed by atoms with Crippen molar-refractivity contribution in [2.75, 3.05) is 33.7 Å². The van der Waals surface area contributed by atoms with Gasteiger partial charge in [-0.3, -0.25) is 4.90 Å². The molecular formula is C25H28BrNO6. The van der Waals surface area contributed by atoms with Crippen molar-refractivity contribution in [1.82, 2.24) is 4.90 Å². The van der Waals surface area contributed by atoms with Crippen molar-refractivity contribution < 1.29 is 28.5 Å². The van der Waals surface area contributed by atoms with Gasteiger partial charge in [-0.05, 0) is 35.9 Å². The summed E-state index contributed by atoms with van der Waals surface area (Å²) in [5, 5.41) is 0. The van der Waals surface area contributed by atoms with Gasteiger partial charge in [0.2, 0.25) is 0 Å². The van der Waals surface area contributed by atoms with Crippen molar-refractivity contribution in [2.45, 2.75) is 18.7 Å². The highest BCUT2D eigenvalue weighted by Gasteiger charge is 2.40. The SMILES string of the molecule is C=CCOC(=O)N(Cc1ccc(Br)cc1)[C@H]1c2ccc(OCOCCOC)cc2O[C@@H]1C=C. The van der Waals surface area contributed by atoms with Crippen molar-refractivity contribution in [1.29, 1.82) is 0 Å². The Hall–Kier alpha value is -2.81. The number of nitrogens with zero attached hydrogens (tertiary/aromatic N) is 1. The number of ether oxygens (including phenoxy) is 5. The highest BCUT2D eigenvalue weighted by Crippen LogP contribution is 2.43. The first-order chi connectivity index (χ1) is 16.1. The lowest BCUT2D eigenvalue weighted by Gasteiger charge is -2.30. The summed E-state index contributed by atoms with van der Waals surface area (Å²) in [4.78, 5) is 14.7. The molecule has 1 amide bonds. The van der Waals surface area contributed by atoms with E-state index in [1.54, 1.807) is 24.2 Å². The summed E-state index contributed by atoms with van der Waals surface area (Å²) in [6.45, 7) is 9.03. The molecule has 0 N–H and O–H groups in total. The second kappa shape index (κ2) is 12.4. The second-order valence-electron chi connectivity index (χ2n) is 7.25. The molecule has 0 bridgehead atoms. The molecule has 0 radical (unpaired) electrons. The monoisotopic (exact) mass is 517 g/mol. The highest BCUT2D eigenvalue weighted by atomic mass is 79.9. The maximum atomic E-state index is 13.0. The molecule has 33 heavy (non-hydrogen) atoms. The number of hydrogen-bond acceptors (Lipinski definition) is 6. The lowest BCUT2D eigenvalue weighted by atomic mass is 10.0. The Labute approximate surface area is 202 Å². The summed E-state index contributed by atoms with van der Waals surface area (Å²) in [6, 6.07) is 12.9. The van der Waals surface area contributed by atoms with Crippen LogP contribution in [0.5, 0.6) is 11.5 Å². The number of methoxy groups -OCH3 is 1. The molecule has 7 nitrogen and oxygen atoms in total. The number of carbonyl (C=O) groups excluding carboxylic acids is 1. The molecule has 1 aliphatic rings. The molecule has 1 aliphatic heterocycles. The molecule has 1 heterocycles. The minimum atomic E-state index is -0.460. The zero-order valence-corrected chi connectivity index (χ0v) is 20.2. The fraction of sp³-hybridized carbons (Fsp3) is 0.320. The minimum absolute atomic E-state index is 0.0973. The molecule has 3 rings (SSSR count). The summed E-state index contributed by atoms with van der Waals surface area (Å²) in [5.41, 5.74) is 1.80. The Morgan fingerprint density at radius 1 is 1.18 bits per heavy atom. The van der Waals surface area contributed by atoms with E-state index in [0.29, 0.717) is 31.3 Å². The average Bonchev–Trinajstić information content (AvgIpc) is 3.19. The highest BCUT2D eigenvalue weighted by molar-refractivity contribution is 9.10. The Kier molecular flexibility index (Phi) is 9.35. The minimum Gasteiger partial charge on any atom is -0.483 e. The molecule has 0 fully saturated rings. The fourth-order valence-electron chi connectivity index (χ4n) is 3.45. The topological polar surface area (TPSA) is 66.5 Å². The van der Waals surface area contributed by atoms with Gasteiger partial charge in [0.1, 0.15) is 30.3 Å². The number of carbonyl (C=O) groups is 1. The van der Waals surface area contributed by atoms with Gasteiger partial charge in [-0.1, -0.05) is 47.3 Å². The Balaban J connectivity index is 1.83. The smallest absolute Gasteiger partial charge is 0.411 e. The van der Waals surface area contributed by atoms with Crippen molar-refractivity contribution >= 4 is 22.0 Å². The number of benzene rings is 2. The Morgan fingerprint density at radius 3 is 2.67 bits per heavy atom. The molecule has 0 aromatic heterocycles. The second-order valence-corrected chi connectivity index (χ2v) is 8.16. The van der Waals surface area contributed by atoms with E-state index in [2.05, 4.69) is 29.1 Å². The average molecular weight is 518 g/mol. The van der Waals surface area contributed by atoms with Crippen LogP contribution < -0.4 is 9.47 Å². The van der Waals surface area contributed by atoms with Crippen molar-refractivity contribution in [3.63, 3.8) is 0 Å². The molecule has 0 spiro atoms. The van der Waals surface area contributed by atoms with Crippen LogP contribution in [-0.4, -0.2) is 50.8 Å². The zero-order chi connectivity index (χ0) is 23.6. The first kappa shape index (κ1) is 24.8. The van der Waals surface area contributed by atoms with Gasteiger partial charge in [-0.15, -0.1) is 0 Å². The Morgan fingerprint density at radius 2 is 1.97 bits per heavy atom. The van der Waals surface area contributed by atoms with Gasteiger partial charge in [0, 0.05) is 29.8 Å². The summed E-state index contributed by atoms with van der Waals surface area (Å²) >= 11 is 3.44. The molecule has 0 aliphatic carbocycles. The molecule has 0 unspecified atom stereocenters. The molecule has 2 atom stereocenters. The predicted octanol–water partition coefficient (Wildman–Crippen LogP) is 5.26. The normalized spacial score (nSPS) is 16.4. The standard InChI is InChI=1S/C25H28BrNO6/c1-4-12-31-25(28)27(16-18-6-8-19(26)9-7-18)24-21-11-10-20(32-17-30-14-13-29-3)15-23(21)33-22(24)5-2/h4-11,15,22,24H,1-2,12-14,16-17H2,3H3/t22-,24+/m1/s1. The van der Waals surface area contributed by atoms with Crippen LogP contribution in [-0.2, 0) is 20.8 Å². The number of hydrogen-bond donors (Lipinski definition) is 0. The van der Waals surface area contributed by atoms with Crippen LogP contribution in [0.25, 0.3) is 0 Å². The van der Waals surface area contributed by atoms with E-state index < -0.39 is 18.2 Å². The van der Waals surface area contributed by atoms with Crippen molar-refractivity contribution in [2.24, 2.45) is 0 Å². The summed E-state index contributed by atoms with van der Waals surface area (Å²) in [7, 11) is 1.61. The lowest BCUT2D eigenvalue weighted by molar-refractivity contribution is -0.00854. The first-order valence-corrected chi connectivity index (χ1v) is 11.3. The summed E-state index contributed by atoms with van der Waals surface area (Å²) in [6.07, 6.45) is 2.32. The molecule has 2 aromatic carbocycles.